The number of carbonyl (C=O) groups is 1. The first-order valence-electron chi connectivity index (χ1n) is 6.37. The number of halogens is 1. The molecule has 0 radical (unpaired) electrons. The zero-order valence-electron chi connectivity index (χ0n) is 11.0. The summed E-state index contributed by atoms with van der Waals surface area (Å²) in [5, 5.41) is 6.85. The average molecular weight is 275 g/mol. The van der Waals surface area contributed by atoms with Gasteiger partial charge in [-0.25, -0.2) is 9.07 Å². The van der Waals surface area contributed by atoms with Crippen molar-refractivity contribution in [1.29, 1.82) is 0 Å². The van der Waals surface area contributed by atoms with Crippen LogP contribution < -0.4 is 10.1 Å². The zero-order valence-corrected chi connectivity index (χ0v) is 11.0. The van der Waals surface area contributed by atoms with E-state index in [1.807, 2.05) is 0 Å². The van der Waals surface area contributed by atoms with Gasteiger partial charge in [0.1, 0.15) is 12.4 Å². The standard InChI is InChI=1S/C14H14FN3O2/c1-9-2-3-10(6-11(9)15)8-16-14(19)12-7-13-18(17-12)4-5-20-13/h2-3,6-7H,4-5,8H2,1H3,(H,16,19). The monoisotopic (exact) mass is 275 g/mol. The van der Waals surface area contributed by atoms with Crippen molar-refractivity contribution in [3.8, 4) is 5.88 Å². The third-order valence-corrected chi connectivity index (χ3v) is 3.22. The van der Waals surface area contributed by atoms with E-state index < -0.39 is 0 Å². The molecule has 5 nitrogen and oxygen atoms in total. The SMILES string of the molecule is Cc1ccc(CNC(=O)c2cc3n(n2)CCO3)cc1F. The minimum Gasteiger partial charge on any atom is -0.476 e. The van der Waals surface area contributed by atoms with Gasteiger partial charge in [0.05, 0.1) is 6.54 Å². The smallest absolute Gasteiger partial charge is 0.272 e. The van der Waals surface area contributed by atoms with Crippen LogP contribution in [0.1, 0.15) is 21.6 Å². The number of rotatable bonds is 3. The molecule has 0 atom stereocenters. The van der Waals surface area contributed by atoms with E-state index in [0.717, 1.165) is 0 Å². The van der Waals surface area contributed by atoms with E-state index in [2.05, 4.69) is 10.4 Å². The first-order valence-corrected chi connectivity index (χ1v) is 6.37. The quantitative estimate of drug-likeness (QED) is 0.926. The fourth-order valence-electron chi connectivity index (χ4n) is 2.04. The van der Waals surface area contributed by atoms with E-state index in [0.29, 0.717) is 35.9 Å². The number of carbonyl (C=O) groups excluding carboxylic acids is 1. The molecule has 3 rings (SSSR count). The molecule has 2 heterocycles. The Morgan fingerprint density at radius 1 is 1.50 bits per heavy atom. The number of nitrogens with zero attached hydrogens (tertiary/aromatic N) is 2. The molecule has 6 heteroatoms. The van der Waals surface area contributed by atoms with Crippen molar-refractivity contribution in [3.05, 3.63) is 46.9 Å². The zero-order chi connectivity index (χ0) is 14.1. The molecule has 1 aliphatic heterocycles. The maximum atomic E-state index is 13.4. The predicted octanol–water partition coefficient (Wildman–Crippen LogP) is 1.65. The van der Waals surface area contributed by atoms with E-state index in [-0.39, 0.29) is 18.3 Å². The van der Waals surface area contributed by atoms with Gasteiger partial charge in [-0.3, -0.25) is 4.79 Å². The average Bonchev–Trinajstić information content (AvgIpc) is 3.00. The Morgan fingerprint density at radius 2 is 2.35 bits per heavy atom. The summed E-state index contributed by atoms with van der Waals surface area (Å²) in [6.07, 6.45) is 0. The van der Waals surface area contributed by atoms with Gasteiger partial charge in [0.25, 0.3) is 5.91 Å². The highest BCUT2D eigenvalue weighted by Crippen LogP contribution is 2.18. The summed E-state index contributed by atoms with van der Waals surface area (Å²) in [6, 6.07) is 6.51. The van der Waals surface area contributed by atoms with Gasteiger partial charge >= 0.3 is 0 Å². The van der Waals surface area contributed by atoms with Crippen LogP contribution in [0.5, 0.6) is 5.88 Å². The molecule has 1 amide bonds. The van der Waals surface area contributed by atoms with Gasteiger partial charge in [-0.1, -0.05) is 12.1 Å². The number of aryl methyl sites for hydroxylation is 1. The summed E-state index contributed by atoms with van der Waals surface area (Å²) in [6.45, 7) is 3.21. The van der Waals surface area contributed by atoms with E-state index in [4.69, 9.17) is 4.74 Å². The molecule has 1 aromatic carbocycles. The summed E-state index contributed by atoms with van der Waals surface area (Å²) in [4.78, 5) is 11.9. The molecule has 0 unspecified atom stereocenters. The van der Waals surface area contributed by atoms with Crippen LogP contribution >= 0.6 is 0 Å². The molecule has 104 valence electrons. The highest BCUT2D eigenvalue weighted by atomic mass is 19.1. The summed E-state index contributed by atoms with van der Waals surface area (Å²) in [7, 11) is 0. The molecule has 2 aromatic rings. The second-order valence-electron chi connectivity index (χ2n) is 4.71. The van der Waals surface area contributed by atoms with E-state index >= 15 is 0 Å². The Kier molecular flexibility index (Phi) is 3.14. The van der Waals surface area contributed by atoms with Crippen LogP contribution in [0.2, 0.25) is 0 Å². The van der Waals surface area contributed by atoms with E-state index in [1.54, 1.807) is 29.8 Å². The summed E-state index contributed by atoms with van der Waals surface area (Å²) >= 11 is 0. The predicted molar refractivity (Wildman–Crippen MR) is 70.0 cm³/mol. The molecule has 0 saturated heterocycles. The highest BCUT2D eigenvalue weighted by molar-refractivity contribution is 5.92. The van der Waals surface area contributed by atoms with Gasteiger partial charge in [-0.05, 0) is 24.1 Å². The number of amides is 1. The van der Waals surface area contributed by atoms with Gasteiger partial charge < -0.3 is 10.1 Å². The third kappa shape index (κ3) is 2.36. The fraction of sp³-hybridized carbons (Fsp3) is 0.286. The molecule has 0 saturated carbocycles. The van der Waals surface area contributed by atoms with Crippen molar-refractivity contribution in [3.63, 3.8) is 0 Å². The van der Waals surface area contributed by atoms with Crippen LogP contribution in [-0.2, 0) is 13.1 Å². The van der Waals surface area contributed by atoms with Crippen molar-refractivity contribution in [2.45, 2.75) is 20.0 Å². The summed E-state index contributed by atoms with van der Waals surface area (Å²) < 4.78 is 20.3. The van der Waals surface area contributed by atoms with Crippen molar-refractivity contribution >= 4 is 5.91 Å². The first kappa shape index (κ1) is 12.7. The van der Waals surface area contributed by atoms with Crippen LogP contribution in [0.3, 0.4) is 0 Å². The van der Waals surface area contributed by atoms with Gasteiger partial charge in [0.15, 0.2) is 5.69 Å². The lowest BCUT2D eigenvalue weighted by atomic mass is 10.1. The summed E-state index contributed by atoms with van der Waals surface area (Å²) in [5.74, 6) is 0.0409. The number of hydrogen-bond acceptors (Lipinski definition) is 3. The second kappa shape index (κ2) is 4.96. The Hall–Kier alpha value is -2.37. The van der Waals surface area contributed by atoms with Gasteiger partial charge in [0.2, 0.25) is 5.88 Å². The lowest BCUT2D eigenvalue weighted by Crippen LogP contribution is -2.23. The van der Waals surface area contributed by atoms with Gasteiger partial charge in [0, 0.05) is 12.6 Å². The largest absolute Gasteiger partial charge is 0.476 e. The molecule has 1 aliphatic rings. The van der Waals surface area contributed by atoms with Crippen LogP contribution in [0.15, 0.2) is 24.3 Å². The lowest BCUT2D eigenvalue weighted by Gasteiger charge is -2.05. The number of aromatic nitrogens is 2. The summed E-state index contributed by atoms with van der Waals surface area (Å²) in [5.41, 5.74) is 1.61. The topological polar surface area (TPSA) is 56.2 Å². The minimum absolute atomic E-state index is 0.263. The van der Waals surface area contributed by atoms with E-state index in [9.17, 15) is 9.18 Å². The van der Waals surface area contributed by atoms with Crippen molar-refractivity contribution in [1.82, 2.24) is 15.1 Å². The van der Waals surface area contributed by atoms with Crippen LogP contribution in [-0.4, -0.2) is 22.3 Å². The normalized spacial score (nSPS) is 12.9. The molecular formula is C14H14FN3O2. The minimum atomic E-state index is -0.295. The molecular weight excluding hydrogens is 261 g/mol. The first-order chi connectivity index (χ1) is 9.63. The molecule has 0 bridgehead atoms. The molecule has 0 fully saturated rings. The lowest BCUT2D eigenvalue weighted by molar-refractivity contribution is 0.0944. The van der Waals surface area contributed by atoms with Crippen LogP contribution in [0.25, 0.3) is 0 Å². The van der Waals surface area contributed by atoms with Gasteiger partial charge in [-0.2, -0.15) is 5.10 Å². The number of ether oxygens (including phenoxy) is 1. The maximum Gasteiger partial charge on any atom is 0.272 e. The van der Waals surface area contributed by atoms with Crippen LogP contribution in [0, 0.1) is 12.7 Å². The molecule has 0 spiro atoms. The molecule has 1 N–H and O–H groups in total. The van der Waals surface area contributed by atoms with Crippen molar-refractivity contribution in [2.75, 3.05) is 6.61 Å². The maximum absolute atomic E-state index is 13.4. The molecule has 20 heavy (non-hydrogen) atoms. The molecule has 1 aromatic heterocycles. The van der Waals surface area contributed by atoms with Gasteiger partial charge in [-0.15, -0.1) is 0 Å². The Labute approximate surface area is 115 Å². The Bertz CT molecular complexity index is 645. The van der Waals surface area contributed by atoms with Crippen molar-refractivity contribution in [2.24, 2.45) is 0 Å². The fourth-order valence-corrected chi connectivity index (χ4v) is 2.04. The number of fused-ring (bicyclic) bond motifs is 1. The number of nitrogens with one attached hydrogen (secondary N) is 1. The second-order valence-corrected chi connectivity index (χ2v) is 4.71. The van der Waals surface area contributed by atoms with E-state index in [1.165, 1.54) is 6.07 Å². The number of hydrogen-bond donors (Lipinski definition) is 1. The van der Waals surface area contributed by atoms with Crippen molar-refractivity contribution < 1.29 is 13.9 Å². The van der Waals surface area contributed by atoms with Crippen LogP contribution in [0.4, 0.5) is 4.39 Å². The Balaban J connectivity index is 1.65. The molecule has 0 aliphatic carbocycles. The number of benzene rings is 1. The Morgan fingerprint density at radius 3 is 3.10 bits per heavy atom. The third-order valence-electron chi connectivity index (χ3n) is 3.22. The highest BCUT2D eigenvalue weighted by Gasteiger charge is 2.18.